The Morgan fingerprint density at radius 1 is 0.837 bits per heavy atom. The van der Waals surface area contributed by atoms with Gasteiger partial charge in [0, 0.05) is 27.6 Å². The minimum atomic E-state index is -0.351. The monoisotopic (exact) mass is 591 g/mol. The van der Waals surface area contributed by atoms with Crippen LogP contribution in [0.1, 0.15) is 75.9 Å². The molecule has 0 saturated heterocycles. The smallest absolute Gasteiger partial charge is 0.308 e. The number of methoxy groups -OCH3 is 1. The highest BCUT2D eigenvalue weighted by Crippen LogP contribution is 2.43. The number of carbonyl (C=O) groups is 3. The summed E-state index contributed by atoms with van der Waals surface area (Å²) >= 11 is 1.40. The minimum Gasteiger partial charge on any atom is -0.507 e. The maximum atomic E-state index is 13.7. The third kappa shape index (κ3) is 5.45. The summed E-state index contributed by atoms with van der Waals surface area (Å²) in [7, 11) is 1.46. The van der Waals surface area contributed by atoms with Crippen molar-refractivity contribution in [2.75, 3.05) is 19.0 Å². The number of anilines is 1. The number of fused-ring (bicyclic) bond motifs is 2. The Morgan fingerprint density at radius 3 is 2.16 bits per heavy atom. The predicted octanol–water partition coefficient (Wildman–Crippen LogP) is 7.86. The SMILES string of the molecule is CCNc1cccc2c1C(=O)c1c(O)ccc(Sc3ccc(-c4ccc(C5CCC(C(=O)OC)CC5)cc4)cc3)c1C2=O. The largest absolute Gasteiger partial charge is 0.507 e. The lowest BCUT2D eigenvalue weighted by atomic mass is 9.78. The van der Waals surface area contributed by atoms with E-state index in [-0.39, 0.29) is 40.3 Å². The van der Waals surface area contributed by atoms with Gasteiger partial charge in [-0.25, -0.2) is 0 Å². The van der Waals surface area contributed by atoms with Crippen molar-refractivity contribution in [1.82, 2.24) is 0 Å². The number of aromatic hydroxyl groups is 1. The van der Waals surface area contributed by atoms with Crippen LogP contribution < -0.4 is 5.32 Å². The van der Waals surface area contributed by atoms with Crippen molar-refractivity contribution >= 4 is 35.0 Å². The van der Waals surface area contributed by atoms with Crippen LogP contribution in [0, 0.1) is 5.92 Å². The molecule has 2 aliphatic rings. The fraction of sp³-hybridized carbons (Fsp3) is 0.250. The van der Waals surface area contributed by atoms with Crippen molar-refractivity contribution in [3.8, 4) is 16.9 Å². The second kappa shape index (κ2) is 12.1. The van der Waals surface area contributed by atoms with Gasteiger partial charge in [-0.1, -0.05) is 60.3 Å². The Kier molecular flexibility index (Phi) is 8.08. The van der Waals surface area contributed by atoms with E-state index in [9.17, 15) is 19.5 Å². The summed E-state index contributed by atoms with van der Waals surface area (Å²) in [6.07, 6.45) is 3.71. The third-order valence-corrected chi connectivity index (χ3v) is 9.63. The molecule has 2 N–H and O–H groups in total. The van der Waals surface area contributed by atoms with Crippen molar-refractivity contribution in [2.24, 2.45) is 5.92 Å². The lowest BCUT2D eigenvalue weighted by Gasteiger charge is -2.27. The van der Waals surface area contributed by atoms with E-state index >= 15 is 0 Å². The van der Waals surface area contributed by atoms with E-state index in [1.807, 2.05) is 19.1 Å². The molecule has 0 atom stereocenters. The molecule has 0 bridgehead atoms. The molecule has 218 valence electrons. The average molecular weight is 592 g/mol. The van der Waals surface area contributed by atoms with Gasteiger partial charge in [0.1, 0.15) is 5.75 Å². The molecule has 7 heteroatoms. The molecule has 0 unspecified atom stereocenters. The van der Waals surface area contributed by atoms with E-state index in [4.69, 9.17) is 4.74 Å². The molecule has 0 aliphatic heterocycles. The van der Waals surface area contributed by atoms with Gasteiger partial charge in [0.25, 0.3) is 0 Å². The zero-order chi connectivity index (χ0) is 30.1. The number of rotatable bonds is 7. The van der Waals surface area contributed by atoms with E-state index in [0.717, 1.165) is 41.7 Å². The van der Waals surface area contributed by atoms with Crippen LogP contribution in [-0.2, 0) is 9.53 Å². The first-order valence-electron chi connectivity index (χ1n) is 14.7. The number of phenols is 1. The highest BCUT2D eigenvalue weighted by atomic mass is 32.2. The molecule has 0 radical (unpaired) electrons. The maximum Gasteiger partial charge on any atom is 0.308 e. The second-order valence-corrected chi connectivity index (χ2v) is 12.2. The number of phenolic OH excluding ortho intramolecular Hbond substituents is 1. The summed E-state index contributed by atoms with van der Waals surface area (Å²) in [4.78, 5) is 40.7. The van der Waals surface area contributed by atoms with Crippen molar-refractivity contribution in [3.63, 3.8) is 0 Å². The number of ether oxygens (including phenoxy) is 1. The molecule has 0 amide bonds. The van der Waals surface area contributed by atoms with Gasteiger partial charge in [-0.15, -0.1) is 0 Å². The third-order valence-electron chi connectivity index (χ3n) is 8.56. The number of ketones is 2. The fourth-order valence-electron chi connectivity index (χ4n) is 6.32. The van der Waals surface area contributed by atoms with Gasteiger partial charge < -0.3 is 15.2 Å². The molecular formula is C36H33NO5S. The molecule has 0 aromatic heterocycles. The average Bonchev–Trinajstić information content (AvgIpc) is 3.04. The van der Waals surface area contributed by atoms with Crippen LogP contribution in [0.3, 0.4) is 0 Å². The van der Waals surface area contributed by atoms with Gasteiger partial charge in [0.2, 0.25) is 0 Å². The van der Waals surface area contributed by atoms with Gasteiger partial charge in [-0.2, -0.15) is 0 Å². The summed E-state index contributed by atoms with van der Waals surface area (Å²) in [5.41, 5.74) is 5.04. The molecule has 4 aromatic rings. The van der Waals surface area contributed by atoms with Gasteiger partial charge in [0.05, 0.1) is 29.7 Å². The van der Waals surface area contributed by atoms with Crippen LogP contribution in [0.5, 0.6) is 5.75 Å². The number of hydrogen-bond acceptors (Lipinski definition) is 7. The Labute approximate surface area is 255 Å². The van der Waals surface area contributed by atoms with Crippen molar-refractivity contribution in [3.05, 3.63) is 107 Å². The van der Waals surface area contributed by atoms with Gasteiger partial charge in [0.15, 0.2) is 11.6 Å². The summed E-state index contributed by atoms with van der Waals surface area (Å²) in [5.74, 6) is -0.417. The molecule has 0 heterocycles. The van der Waals surface area contributed by atoms with E-state index in [1.165, 1.54) is 30.5 Å². The van der Waals surface area contributed by atoms with Crippen molar-refractivity contribution in [1.29, 1.82) is 0 Å². The quantitative estimate of drug-likeness (QED) is 0.186. The molecular weight excluding hydrogens is 558 g/mol. The second-order valence-electron chi connectivity index (χ2n) is 11.1. The standard InChI is InChI=1S/C36H33NO5S/c1-3-37-28-6-4-5-27-31(28)35(40)32-29(38)19-20-30(33(32)34(27)39)43-26-17-15-24(16-18-26)22-9-7-21(8-10-22)23-11-13-25(14-12-23)36(41)42-2/h4-10,15-20,23,25,37-38H,3,11-14H2,1-2H3. The first-order chi connectivity index (χ1) is 20.9. The van der Waals surface area contributed by atoms with Gasteiger partial charge in [-0.3, -0.25) is 14.4 Å². The lowest BCUT2D eigenvalue weighted by molar-refractivity contribution is -0.146. The normalized spacial score (nSPS) is 17.6. The number of esters is 1. The molecule has 43 heavy (non-hydrogen) atoms. The Hall–Kier alpha value is -4.36. The van der Waals surface area contributed by atoms with Crippen molar-refractivity contribution in [2.45, 2.75) is 48.3 Å². The van der Waals surface area contributed by atoms with Crippen LogP contribution >= 0.6 is 11.8 Å². The van der Waals surface area contributed by atoms with Crippen LogP contribution in [0.2, 0.25) is 0 Å². The number of carbonyl (C=O) groups excluding carboxylic acids is 3. The van der Waals surface area contributed by atoms with Crippen molar-refractivity contribution < 1.29 is 24.2 Å². The van der Waals surface area contributed by atoms with Crippen LogP contribution in [0.25, 0.3) is 11.1 Å². The Bertz CT molecular complexity index is 1700. The molecule has 6 rings (SSSR count). The summed E-state index contributed by atoms with van der Waals surface area (Å²) < 4.78 is 4.92. The minimum absolute atomic E-state index is 0.0226. The molecule has 4 aromatic carbocycles. The summed E-state index contributed by atoms with van der Waals surface area (Å²) in [6, 6.07) is 25.2. The zero-order valence-corrected chi connectivity index (χ0v) is 25.0. The van der Waals surface area contributed by atoms with Crippen LogP contribution in [0.15, 0.2) is 88.7 Å². The van der Waals surface area contributed by atoms with E-state index < -0.39 is 0 Å². The number of hydrogen-bond donors (Lipinski definition) is 2. The fourth-order valence-corrected chi connectivity index (χ4v) is 7.27. The molecule has 0 spiro atoms. The van der Waals surface area contributed by atoms with E-state index in [0.29, 0.717) is 34.2 Å². The van der Waals surface area contributed by atoms with Crippen LogP contribution in [0.4, 0.5) is 5.69 Å². The highest BCUT2D eigenvalue weighted by molar-refractivity contribution is 7.99. The maximum absolute atomic E-state index is 13.7. The molecule has 6 nitrogen and oxygen atoms in total. The summed E-state index contributed by atoms with van der Waals surface area (Å²) in [5, 5.41) is 13.8. The van der Waals surface area contributed by atoms with Gasteiger partial charge >= 0.3 is 5.97 Å². The lowest BCUT2D eigenvalue weighted by Crippen LogP contribution is -2.23. The number of benzene rings is 4. The first-order valence-corrected chi connectivity index (χ1v) is 15.5. The molecule has 1 fully saturated rings. The Balaban J connectivity index is 1.20. The topological polar surface area (TPSA) is 92.7 Å². The Morgan fingerprint density at radius 2 is 1.51 bits per heavy atom. The molecule has 1 saturated carbocycles. The molecule has 2 aliphatic carbocycles. The van der Waals surface area contributed by atoms with Crippen LogP contribution in [-0.4, -0.2) is 36.3 Å². The zero-order valence-electron chi connectivity index (χ0n) is 24.2. The predicted molar refractivity (Wildman–Crippen MR) is 168 cm³/mol. The highest BCUT2D eigenvalue weighted by Gasteiger charge is 2.36. The van der Waals surface area contributed by atoms with Gasteiger partial charge in [-0.05, 0) is 85.5 Å². The number of nitrogens with one attached hydrogen (secondary N) is 1. The summed E-state index contributed by atoms with van der Waals surface area (Å²) in [6.45, 7) is 2.53. The van der Waals surface area contributed by atoms with E-state index in [2.05, 4.69) is 41.7 Å². The first kappa shape index (κ1) is 28.7. The van der Waals surface area contributed by atoms with E-state index in [1.54, 1.807) is 24.3 Å².